The minimum Gasteiger partial charge on any atom is -0.379 e. The molecule has 2 rings (SSSR count). The van der Waals surface area contributed by atoms with Crippen LogP contribution in [-0.4, -0.2) is 49.0 Å². The van der Waals surface area contributed by atoms with Crippen LogP contribution in [0, 0.1) is 0 Å². The van der Waals surface area contributed by atoms with Gasteiger partial charge in [-0.1, -0.05) is 6.92 Å². The van der Waals surface area contributed by atoms with E-state index in [0.717, 1.165) is 0 Å². The van der Waals surface area contributed by atoms with E-state index in [2.05, 4.69) is 9.97 Å². The predicted octanol–water partition coefficient (Wildman–Crippen LogP) is -0.00700. The number of imidazole rings is 1. The van der Waals surface area contributed by atoms with Crippen molar-refractivity contribution in [2.45, 2.75) is 18.4 Å². The first-order valence-electron chi connectivity index (χ1n) is 5.26. The van der Waals surface area contributed by atoms with Crippen LogP contribution in [0.4, 0.5) is 0 Å². The molecular formula is C9H15N3O3S. The number of ether oxygens (including phenoxy) is 1. The lowest BCUT2D eigenvalue weighted by atomic mass is 10.5. The molecule has 2 heterocycles. The Bertz CT molecular complexity index is 448. The minimum absolute atomic E-state index is 0.172. The number of rotatable bonds is 3. The second-order valence-corrected chi connectivity index (χ2v) is 5.47. The topological polar surface area (TPSA) is 75.3 Å². The summed E-state index contributed by atoms with van der Waals surface area (Å²) >= 11 is 0. The number of nitrogens with one attached hydrogen (secondary N) is 1. The summed E-state index contributed by atoms with van der Waals surface area (Å²) in [7, 11) is -3.42. The summed E-state index contributed by atoms with van der Waals surface area (Å²) < 4.78 is 30.8. The number of morpholine rings is 1. The quantitative estimate of drug-likeness (QED) is 0.813. The van der Waals surface area contributed by atoms with E-state index in [1.807, 2.05) is 6.92 Å². The fourth-order valence-corrected chi connectivity index (χ4v) is 2.92. The van der Waals surface area contributed by atoms with Crippen molar-refractivity contribution in [2.75, 3.05) is 26.3 Å². The molecule has 6 nitrogen and oxygen atoms in total. The first kappa shape index (κ1) is 11.6. The van der Waals surface area contributed by atoms with Crippen LogP contribution in [0.25, 0.3) is 0 Å². The van der Waals surface area contributed by atoms with Crippen LogP contribution in [0.15, 0.2) is 11.2 Å². The number of aryl methyl sites for hydroxylation is 1. The highest BCUT2D eigenvalue weighted by Gasteiger charge is 2.27. The maximum absolute atomic E-state index is 12.1. The standard InChI is InChI=1S/C9H15N3O3S/c1-2-8-10-7-9(11-8)16(13,14)12-3-5-15-6-4-12/h7H,2-6H2,1H3,(H,10,11). The molecular weight excluding hydrogens is 230 g/mol. The largest absolute Gasteiger partial charge is 0.379 e. The van der Waals surface area contributed by atoms with Crippen LogP contribution in [0.1, 0.15) is 12.7 Å². The molecule has 0 atom stereocenters. The monoisotopic (exact) mass is 245 g/mol. The number of hydrogen-bond donors (Lipinski definition) is 1. The summed E-state index contributed by atoms with van der Waals surface area (Å²) in [6.45, 7) is 3.64. The fourth-order valence-electron chi connectivity index (χ4n) is 1.58. The summed E-state index contributed by atoms with van der Waals surface area (Å²) in [5, 5.41) is 0.172. The molecule has 0 aromatic carbocycles. The fraction of sp³-hybridized carbons (Fsp3) is 0.667. The molecule has 1 N–H and O–H groups in total. The van der Waals surface area contributed by atoms with Gasteiger partial charge in [0.15, 0.2) is 5.03 Å². The second kappa shape index (κ2) is 4.52. The van der Waals surface area contributed by atoms with Gasteiger partial charge in [-0.2, -0.15) is 4.31 Å². The zero-order chi connectivity index (χ0) is 11.6. The Morgan fingerprint density at radius 2 is 2.19 bits per heavy atom. The summed E-state index contributed by atoms with van der Waals surface area (Å²) in [6, 6.07) is 0. The SMILES string of the molecule is CCc1ncc(S(=O)(=O)N2CCOCC2)[nH]1. The number of nitrogens with zero attached hydrogens (tertiary/aromatic N) is 2. The van der Waals surface area contributed by atoms with Crippen molar-refractivity contribution in [1.29, 1.82) is 0 Å². The van der Waals surface area contributed by atoms with Crippen LogP contribution in [0.5, 0.6) is 0 Å². The van der Waals surface area contributed by atoms with Gasteiger partial charge in [0.2, 0.25) is 0 Å². The van der Waals surface area contributed by atoms with Crippen molar-refractivity contribution in [1.82, 2.24) is 14.3 Å². The average Bonchev–Trinajstić information content (AvgIpc) is 2.79. The Kier molecular flexibility index (Phi) is 3.27. The number of hydrogen-bond acceptors (Lipinski definition) is 4. The van der Waals surface area contributed by atoms with Gasteiger partial charge in [-0.15, -0.1) is 0 Å². The van der Waals surface area contributed by atoms with Crippen LogP contribution < -0.4 is 0 Å². The average molecular weight is 245 g/mol. The van der Waals surface area contributed by atoms with Crippen LogP contribution in [0.3, 0.4) is 0 Å². The third-order valence-corrected chi connectivity index (χ3v) is 4.34. The van der Waals surface area contributed by atoms with Crippen molar-refractivity contribution in [3.63, 3.8) is 0 Å². The van der Waals surface area contributed by atoms with Crippen molar-refractivity contribution >= 4 is 10.0 Å². The predicted molar refractivity (Wildman–Crippen MR) is 57.5 cm³/mol. The van der Waals surface area contributed by atoms with Gasteiger partial charge in [0.25, 0.3) is 10.0 Å². The summed E-state index contributed by atoms with van der Waals surface area (Å²) in [6.07, 6.45) is 2.07. The molecule has 0 bridgehead atoms. The summed E-state index contributed by atoms with van der Waals surface area (Å²) in [5.74, 6) is 0.687. The van der Waals surface area contributed by atoms with Gasteiger partial charge in [-0.3, -0.25) is 0 Å². The van der Waals surface area contributed by atoms with E-state index in [-0.39, 0.29) is 5.03 Å². The number of sulfonamides is 1. The Labute approximate surface area is 94.7 Å². The molecule has 1 fully saturated rings. The lowest BCUT2D eigenvalue weighted by Crippen LogP contribution is -2.40. The van der Waals surface area contributed by atoms with E-state index in [1.54, 1.807) is 0 Å². The van der Waals surface area contributed by atoms with Gasteiger partial charge >= 0.3 is 0 Å². The number of aromatic nitrogens is 2. The Balaban J connectivity index is 2.23. The molecule has 90 valence electrons. The van der Waals surface area contributed by atoms with Crippen LogP contribution in [0.2, 0.25) is 0 Å². The third-order valence-electron chi connectivity index (χ3n) is 2.53. The molecule has 0 amide bonds. The zero-order valence-electron chi connectivity index (χ0n) is 9.14. The van der Waals surface area contributed by atoms with Crippen molar-refractivity contribution < 1.29 is 13.2 Å². The molecule has 0 radical (unpaired) electrons. The molecule has 1 saturated heterocycles. The van der Waals surface area contributed by atoms with Crippen LogP contribution >= 0.6 is 0 Å². The zero-order valence-corrected chi connectivity index (χ0v) is 9.96. The molecule has 1 aromatic rings. The maximum Gasteiger partial charge on any atom is 0.260 e. The van der Waals surface area contributed by atoms with E-state index in [1.165, 1.54) is 10.5 Å². The van der Waals surface area contributed by atoms with E-state index in [4.69, 9.17) is 4.74 Å². The molecule has 1 aliphatic heterocycles. The van der Waals surface area contributed by atoms with Crippen LogP contribution in [-0.2, 0) is 21.2 Å². The van der Waals surface area contributed by atoms with E-state index >= 15 is 0 Å². The van der Waals surface area contributed by atoms with E-state index < -0.39 is 10.0 Å². The van der Waals surface area contributed by atoms with Gasteiger partial charge in [-0.25, -0.2) is 13.4 Å². The highest BCUT2D eigenvalue weighted by molar-refractivity contribution is 7.89. The van der Waals surface area contributed by atoms with Gasteiger partial charge < -0.3 is 9.72 Å². The second-order valence-electron chi connectivity index (χ2n) is 3.56. The Morgan fingerprint density at radius 3 is 2.75 bits per heavy atom. The smallest absolute Gasteiger partial charge is 0.260 e. The molecule has 0 unspecified atom stereocenters. The van der Waals surface area contributed by atoms with Crippen molar-refractivity contribution in [2.24, 2.45) is 0 Å². The molecule has 0 saturated carbocycles. The summed E-state index contributed by atoms with van der Waals surface area (Å²) in [5.41, 5.74) is 0. The summed E-state index contributed by atoms with van der Waals surface area (Å²) in [4.78, 5) is 6.82. The highest BCUT2D eigenvalue weighted by Crippen LogP contribution is 2.14. The maximum atomic E-state index is 12.1. The lowest BCUT2D eigenvalue weighted by Gasteiger charge is -2.25. The normalized spacial score (nSPS) is 18.8. The molecule has 0 aliphatic carbocycles. The molecule has 7 heteroatoms. The van der Waals surface area contributed by atoms with Gasteiger partial charge in [0.05, 0.1) is 19.4 Å². The van der Waals surface area contributed by atoms with Gasteiger partial charge in [-0.05, 0) is 0 Å². The Hall–Kier alpha value is -0.920. The first-order chi connectivity index (χ1) is 7.64. The lowest BCUT2D eigenvalue weighted by molar-refractivity contribution is 0.0729. The molecule has 1 aliphatic rings. The highest BCUT2D eigenvalue weighted by atomic mass is 32.2. The molecule has 16 heavy (non-hydrogen) atoms. The number of aromatic amines is 1. The van der Waals surface area contributed by atoms with Crippen molar-refractivity contribution in [3.05, 3.63) is 12.0 Å². The molecule has 1 aromatic heterocycles. The third kappa shape index (κ3) is 2.11. The van der Waals surface area contributed by atoms with E-state index in [9.17, 15) is 8.42 Å². The Morgan fingerprint density at radius 1 is 1.50 bits per heavy atom. The van der Waals surface area contributed by atoms with Gasteiger partial charge in [0.1, 0.15) is 5.82 Å². The molecule has 0 spiro atoms. The first-order valence-corrected chi connectivity index (χ1v) is 6.70. The van der Waals surface area contributed by atoms with Gasteiger partial charge in [0, 0.05) is 19.5 Å². The minimum atomic E-state index is -3.42. The van der Waals surface area contributed by atoms with E-state index in [0.29, 0.717) is 38.5 Å². The number of H-pyrrole nitrogens is 1. The van der Waals surface area contributed by atoms with Crippen molar-refractivity contribution in [3.8, 4) is 0 Å².